The number of hydrogen-bond acceptors (Lipinski definition) is 5. The number of carbonyl (C=O) groups excluding carboxylic acids is 2. The molecule has 0 heterocycles. The Kier molecular flexibility index (Phi) is 6.57. The number of benzene rings is 1. The van der Waals surface area contributed by atoms with Crippen molar-refractivity contribution in [2.24, 2.45) is 0 Å². The maximum Gasteiger partial charge on any atom is 0.419 e. The fourth-order valence-electron chi connectivity index (χ4n) is 2.00. The number of halogens is 3. The van der Waals surface area contributed by atoms with Gasteiger partial charge in [0.25, 0.3) is 0 Å². The first-order chi connectivity index (χ1) is 11.2. The van der Waals surface area contributed by atoms with Gasteiger partial charge in [-0.05, 0) is 18.1 Å². The zero-order valence-electron chi connectivity index (χ0n) is 12.7. The summed E-state index contributed by atoms with van der Waals surface area (Å²) in [6.45, 7) is 0. The van der Waals surface area contributed by atoms with Gasteiger partial charge in [0, 0.05) is 6.07 Å². The van der Waals surface area contributed by atoms with E-state index in [4.69, 9.17) is 5.11 Å². The number of nitrogens with zero attached hydrogens (tertiary/aromatic N) is 1. The third-order valence-electron chi connectivity index (χ3n) is 3.06. The number of ether oxygens (including phenoxy) is 2. The molecule has 0 aliphatic carbocycles. The first kappa shape index (κ1) is 19.3. The van der Waals surface area contributed by atoms with Crippen LogP contribution in [0.3, 0.4) is 0 Å². The van der Waals surface area contributed by atoms with E-state index in [0.717, 1.165) is 14.2 Å². The van der Waals surface area contributed by atoms with Crippen LogP contribution in [0.25, 0.3) is 0 Å². The van der Waals surface area contributed by atoms with Crippen LogP contribution in [0, 0.1) is 17.5 Å². The molecular weight excluding hydrogens is 335 g/mol. The molecule has 132 valence electrons. The standard InChI is InChI=1S/C14H14F3NO6/c1-23-13(21)18(14(22)24-2)8(5-12(19)20)3-7-4-10(16)11(17)6-9(7)15/h4,6,8H,3,5H2,1-2H3,(H,19,20)/t8-/m1/s1. The Morgan fingerprint density at radius 3 is 2.00 bits per heavy atom. The normalized spacial score (nSPS) is 11.5. The van der Waals surface area contributed by atoms with E-state index in [0.29, 0.717) is 11.0 Å². The highest BCUT2D eigenvalue weighted by molar-refractivity contribution is 5.88. The lowest BCUT2D eigenvalue weighted by molar-refractivity contribution is -0.138. The van der Waals surface area contributed by atoms with Gasteiger partial charge in [-0.15, -0.1) is 0 Å². The van der Waals surface area contributed by atoms with Crippen molar-refractivity contribution in [2.75, 3.05) is 14.2 Å². The van der Waals surface area contributed by atoms with Crippen molar-refractivity contribution in [1.82, 2.24) is 4.90 Å². The molecule has 0 aromatic heterocycles. The SMILES string of the molecule is COC(=O)N(C(=O)OC)[C@@H](CC(=O)O)Cc1cc(F)c(F)cc1F. The Morgan fingerprint density at radius 2 is 1.54 bits per heavy atom. The predicted molar refractivity (Wildman–Crippen MR) is 72.7 cm³/mol. The summed E-state index contributed by atoms with van der Waals surface area (Å²) < 4.78 is 48.7. The third kappa shape index (κ3) is 4.61. The van der Waals surface area contributed by atoms with Crippen molar-refractivity contribution in [2.45, 2.75) is 18.9 Å². The minimum atomic E-state index is -1.44. The van der Waals surface area contributed by atoms with Crippen LogP contribution in [0.1, 0.15) is 12.0 Å². The van der Waals surface area contributed by atoms with E-state index < -0.39 is 60.1 Å². The molecular formula is C14H14F3NO6. The van der Waals surface area contributed by atoms with Gasteiger partial charge in [0.05, 0.1) is 26.7 Å². The average Bonchev–Trinajstić information content (AvgIpc) is 2.51. The van der Waals surface area contributed by atoms with E-state index >= 15 is 0 Å². The van der Waals surface area contributed by atoms with E-state index in [1.807, 2.05) is 0 Å². The molecule has 0 aliphatic heterocycles. The largest absolute Gasteiger partial charge is 0.481 e. The van der Waals surface area contributed by atoms with Crippen molar-refractivity contribution < 1.29 is 42.1 Å². The second kappa shape index (κ2) is 8.18. The van der Waals surface area contributed by atoms with Gasteiger partial charge < -0.3 is 14.6 Å². The van der Waals surface area contributed by atoms with Gasteiger partial charge in [-0.25, -0.2) is 27.7 Å². The Bertz CT molecular complexity index is 636. The molecule has 1 N–H and O–H groups in total. The minimum absolute atomic E-state index is 0.281. The number of carbonyl (C=O) groups is 3. The quantitative estimate of drug-likeness (QED) is 0.820. The highest BCUT2D eigenvalue weighted by Gasteiger charge is 2.34. The molecule has 0 spiro atoms. The topological polar surface area (TPSA) is 93.1 Å². The molecule has 1 aromatic carbocycles. The van der Waals surface area contributed by atoms with E-state index in [2.05, 4.69) is 9.47 Å². The van der Waals surface area contributed by atoms with Crippen molar-refractivity contribution >= 4 is 18.2 Å². The van der Waals surface area contributed by atoms with Crippen molar-refractivity contribution in [3.05, 3.63) is 35.1 Å². The second-order valence-electron chi connectivity index (χ2n) is 4.62. The molecule has 1 rings (SSSR count). The number of aliphatic carboxylic acids is 1. The lowest BCUT2D eigenvalue weighted by Crippen LogP contribution is -2.46. The summed E-state index contributed by atoms with van der Waals surface area (Å²) in [5.74, 6) is -5.35. The first-order valence-corrected chi connectivity index (χ1v) is 6.51. The summed E-state index contributed by atoms with van der Waals surface area (Å²) in [4.78, 5) is 34.7. The van der Waals surface area contributed by atoms with Gasteiger partial charge in [0.2, 0.25) is 0 Å². The van der Waals surface area contributed by atoms with E-state index in [9.17, 15) is 27.6 Å². The summed E-state index contributed by atoms with van der Waals surface area (Å²) in [7, 11) is 1.88. The maximum absolute atomic E-state index is 13.8. The van der Waals surface area contributed by atoms with E-state index in [1.54, 1.807) is 0 Å². The zero-order chi connectivity index (χ0) is 18.4. The molecule has 0 radical (unpaired) electrons. The molecule has 0 aliphatic rings. The molecule has 0 unspecified atom stereocenters. The number of methoxy groups -OCH3 is 2. The summed E-state index contributed by atoms with van der Waals surface area (Å²) in [6.07, 6.45) is -3.85. The Labute approximate surface area is 134 Å². The number of imide groups is 1. The lowest BCUT2D eigenvalue weighted by atomic mass is 10.0. The van der Waals surface area contributed by atoms with Crippen LogP contribution >= 0.6 is 0 Å². The number of rotatable bonds is 5. The molecule has 7 nitrogen and oxygen atoms in total. The average molecular weight is 349 g/mol. The zero-order valence-corrected chi connectivity index (χ0v) is 12.7. The lowest BCUT2D eigenvalue weighted by Gasteiger charge is -2.26. The molecule has 0 fully saturated rings. The summed E-state index contributed by atoms with van der Waals surface area (Å²) >= 11 is 0. The Balaban J connectivity index is 3.25. The highest BCUT2D eigenvalue weighted by atomic mass is 19.2. The van der Waals surface area contributed by atoms with Crippen molar-refractivity contribution in [3.8, 4) is 0 Å². The molecule has 10 heteroatoms. The molecule has 1 atom stereocenters. The molecule has 2 amide bonds. The van der Waals surface area contributed by atoms with Crippen LogP contribution in [0.15, 0.2) is 12.1 Å². The smallest absolute Gasteiger partial charge is 0.419 e. The predicted octanol–water partition coefficient (Wildman–Crippen LogP) is 2.32. The third-order valence-corrected chi connectivity index (χ3v) is 3.06. The summed E-state index contributed by atoms with van der Waals surface area (Å²) in [5, 5.41) is 8.93. The number of amides is 2. The maximum atomic E-state index is 13.8. The first-order valence-electron chi connectivity index (χ1n) is 6.51. The van der Waals surface area contributed by atoms with Gasteiger partial charge in [0.15, 0.2) is 11.6 Å². The van der Waals surface area contributed by atoms with Crippen LogP contribution in [-0.4, -0.2) is 48.4 Å². The van der Waals surface area contributed by atoms with Gasteiger partial charge in [-0.2, -0.15) is 0 Å². The molecule has 0 saturated heterocycles. The van der Waals surface area contributed by atoms with Crippen LogP contribution in [0.2, 0.25) is 0 Å². The van der Waals surface area contributed by atoms with Crippen LogP contribution in [0.5, 0.6) is 0 Å². The number of carboxylic acid groups (broad SMARTS) is 1. The molecule has 0 saturated carbocycles. The van der Waals surface area contributed by atoms with E-state index in [-0.39, 0.29) is 6.07 Å². The van der Waals surface area contributed by atoms with Gasteiger partial charge in [-0.1, -0.05) is 0 Å². The van der Waals surface area contributed by atoms with Gasteiger partial charge >= 0.3 is 18.2 Å². The highest BCUT2D eigenvalue weighted by Crippen LogP contribution is 2.20. The Hall–Kier alpha value is -2.78. The summed E-state index contributed by atoms with van der Waals surface area (Å²) in [6, 6.07) is -0.642. The summed E-state index contributed by atoms with van der Waals surface area (Å²) in [5.41, 5.74) is -0.419. The minimum Gasteiger partial charge on any atom is -0.481 e. The molecule has 1 aromatic rings. The second-order valence-corrected chi connectivity index (χ2v) is 4.62. The van der Waals surface area contributed by atoms with E-state index in [1.165, 1.54) is 0 Å². The van der Waals surface area contributed by atoms with Crippen molar-refractivity contribution in [1.29, 1.82) is 0 Å². The molecule has 0 bridgehead atoms. The Morgan fingerprint density at radius 1 is 1.04 bits per heavy atom. The van der Waals surface area contributed by atoms with Gasteiger partial charge in [0.1, 0.15) is 5.82 Å². The van der Waals surface area contributed by atoms with Crippen LogP contribution in [-0.2, 0) is 20.7 Å². The number of hydrogen-bond donors (Lipinski definition) is 1. The monoisotopic (exact) mass is 349 g/mol. The van der Waals surface area contributed by atoms with Gasteiger partial charge in [-0.3, -0.25) is 4.79 Å². The fraction of sp³-hybridized carbons (Fsp3) is 0.357. The van der Waals surface area contributed by atoms with Crippen LogP contribution in [0.4, 0.5) is 22.8 Å². The van der Waals surface area contributed by atoms with Crippen molar-refractivity contribution in [3.63, 3.8) is 0 Å². The fourth-order valence-corrected chi connectivity index (χ4v) is 2.00. The number of carboxylic acids is 1. The molecule has 24 heavy (non-hydrogen) atoms. The van der Waals surface area contributed by atoms with Crippen LogP contribution < -0.4 is 0 Å².